The van der Waals surface area contributed by atoms with Crippen LogP contribution in [0.5, 0.6) is 5.88 Å². The number of nitrogens with zero attached hydrogens (tertiary/aromatic N) is 1. The molecule has 23 heavy (non-hydrogen) atoms. The molecule has 0 N–H and O–H groups in total. The molecular formula is C19H23NO3. The largest absolute Gasteiger partial charge is 0.481 e. The maximum atomic E-state index is 12.3. The fraction of sp³-hybridized carbons (Fsp3) is 0.368. The number of hydrogen-bond donors (Lipinski definition) is 0. The Labute approximate surface area is 137 Å². The third kappa shape index (κ3) is 3.36. The summed E-state index contributed by atoms with van der Waals surface area (Å²) in [7, 11) is 2.96. The molecule has 0 aliphatic rings. The van der Waals surface area contributed by atoms with E-state index in [2.05, 4.69) is 18.5 Å². The number of pyridine rings is 1. The van der Waals surface area contributed by atoms with Crippen molar-refractivity contribution in [2.75, 3.05) is 14.2 Å². The molecule has 2 aromatic rings. The Kier molecular flexibility index (Phi) is 5.37. The van der Waals surface area contributed by atoms with Crippen molar-refractivity contribution in [1.82, 2.24) is 4.98 Å². The lowest BCUT2D eigenvalue weighted by Crippen LogP contribution is -2.08. The van der Waals surface area contributed by atoms with Crippen molar-refractivity contribution in [3.8, 4) is 5.88 Å². The van der Waals surface area contributed by atoms with E-state index in [-0.39, 0.29) is 0 Å². The van der Waals surface area contributed by atoms with Gasteiger partial charge in [0.05, 0.1) is 25.3 Å². The molecule has 1 heterocycles. The number of fused-ring (bicyclic) bond motifs is 1. The molecule has 0 spiro atoms. The van der Waals surface area contributed by atoms with Gasteiger partial charge in [-0.05, 0) is 30.9 Å². The van der Waals surface area contributed by atoms with Gasteiger partial charge in [-0.25, -0.2) is 9.78 Å². The third-order valence-electron chi connectivity index (χ3n) is 3.90. The summed E-state index contributed by atoms with van der Waals surface area (Å²) in [5.74, 6) is 0.100. The van der Waals surface area contributed by atoms with Crippen molar-refractivity contribution in [2.24, 2.45) is 0 Å². The van der Waals surface area contributed by atoms with Crippen molar-refractivity contribution in [3.05, 3.63) is 41.5 Å². The number of hydrogen-bond acceptors (Lipinski definition) is 4. The molecule has 4 nitrogen and oxygen atoms in total. The van der Waals surface area contributed by atoms with Crippen LogP contribution in [0, 0.1) is 0 Å². The number of ether oxygens (including phenoxy) is 2. The lowest BCUT2D eigenvalue weighted by atomic mass is 9.95. The number of methoxy groups -OCH3 is 2. The molecule has 2 rings (SSSR count). The Morgan fingerprint density at radius 3 is 2.61 bits per heavy atom. The number of aromatic nitrogens is 1. The Hall–Kier alpha value is -2.36. The zero-order valence-corrected chi connectivity index (χ0v) is 14.2. The Bertz CT molecular complexity index is 750. The van der Waals surface area contributed by atoms with Crippen LogP contribution in [0.25, 0.3) is 16.5 Å². The average molecular weight is 313 g/mol. The maximum Gasteiger partial charge on any atom is 0.340 e. The van der Waals surface area contributed by atoms with E-state index in [9.17, 15) is 4.79 Å². The Morgan fingerprint density at radius 1 is 1.30 bits per heavy atom. The number of rotatable bonds is 6. The summed E-state index contributed by atoms with van der Waals surface area (Å²) in [6.45, 7) is 7.98. The van der Waals surface area contributed by atoms with E-state index in [0.717, 1.165) is 41.3 Å². The van der Waals surface area contributed by atoms with Crippen molar-refractivity contribution < 1.29 is 14.3 Å². The first-order chi connectivity index (χ1) is 11.0. The van der Waals surface area contributed by atoms with Gasteiger partial charge in [-0.3, -0.25) is 0 Å². The molecule has 0 saturated carbocycles. The van der Waals surface area contributed by atoms with Crippen LogP contribution in [0.1, 0.15) is 48.2 Å². The molecule has 0 aliphatic heterocycles. The Morgan fingerprint density at radius 2 is 2.04 bits per heavy atom. The summed E-state index contributed by atoms with van der Waals surface area (Å²) in [6, 6.07) is 5.86. The van der Waals surface area contributed by atoms with Gasteiger partial charge in [0.1, 0.15) is 0 Å². The fourth-order valence-corrected chi connectivity index (χ4v) is 2.68. The van der Waals surface area contributed by atoms with E-state index in [0.29, 0.717) is 17.0 Å². The molecule has 0 bridgehead atoms. The van der Waals surface area contributed by atoms with E-state index in [4.69, 9.17) is 9.47 Å². The molecule has 122 valence electrons. The van der Waals surface area contributed by atoms with E-state index in [1.807, 2.05) is 25.1 Å². The third-order valence-corrected chi connectivity index (χ3v) is 3.90. The first-order valence-corrected chi connectivity index (χ1v) is 7.78. The minimum atomic E-state index is -0.407. The topological polar surface area (TPSA) is 48.4 Å². The van der Waals surface area contributed by atoms with Crippen molar-refractivity contribution in [3.63, 3.8) is 0 Å². The number of carbonyl (C=O) groups is 1. The minimum absolute atomic E-state index is 0.407. The van der Waals surface area contributed by atoms with Gasteiger partial charge >= 0.3 is 5.97 Å². The standard InChI is InChI=1S/C19H23NO3/c1-6-7-8-13-11-16(22-4)20-18-15(13)10-9-14(12(2)3)17(18)19(21)23-5/h9-11H,2,6-8H2,1,3-5H3. The highest BCUT2D eigenvalue weighted by molar-refractivity contribution is 6.07. The normalized spacial score (nSPS) is 10.6. The average Bonchev–Trinajstić information content (AvgIpc) is 2.57. The highest BCUT2D eigenvalue weighted by Crippen LogP contribution is 2.31. The fourth-order valence-electron chi connectivity index (χ4n) is 2.68. The smallest absolute Gasteiger partial charge is 0.340 e. The van der Waals surface area contributed by atoms with Crippen LogP contribution in [-0.2, 0) is 11.2 Å². The number of unbranched alkanes of at least 4 members (excludes halogenated alkanes) is 1. The van der Waals surface area contributed by atoms with Gasteiger partial charge < -0.3 is 9.47 Å². The minimum Gasteiger partial charge on any atom is -0.481 e. The first-order valence-electron chi connectivity index (χ1n) is 7.78. The summed E-state index contributed by atoms with van der Waals surface area (Å²) in [5.41, 5.74) is 3.75. The van der Waals surface area contributed by atoms with Crippen molar-refractivity contribution in [2.45, 2.75) is 33.1 Å². The monoisotopic (exact) mass is 313 g/mol. The number of benzene rings is 1. The highest BCUT2D eigenvalue weighted by atomic mass is 16.5. The Balaban J connectivity index is 2.82. The summed E-state index contributed by atoms with van der Waals surface area (Å²) >= 11 is 0. The van der Waals surface area contributed by atoms with Gasteiger partial charge in [0.15, 0.2) is 0 Å². The molecule has 0 radical (unpaired) electrons. The second-order valence-corrected chi connectivity index (χ2v) is 5.58. The van der Waals surface area contributed by atoms with E-state index >= 15 is 0 Å². The van der Waals surface area contributed by atoms with E-state index < -0.39 is 5.97 Å². The molecule has 0 unspecified atom stereocenters. The molecule has 1 aromatic heterocycles. The van der Waals surface area contributed by atoms with Crippen LogP contribution in [-0.4, -0.2) is 25.2 Å². The van der Waals surface area contributed by atoms with Crippen molar-refractivity contribution in [1.29, 1.82) is 0 Å². The van der Waals surface area contributed by atoms with E-state index in [1.54, 1.807) is 7.11 Å². The van der Waals surface area contributed by atoms with Gasteiger partial charge in [-0.15, -0.1) is 0 Å². The molecule has 0 amide bonds. The summed E-state index contributed by atoms with van der Waals surface area (Å²) in [5, 5.41) is 0.963. The van der Waals surface area contributed by atoms with Gasteiger partial charge in [-0.1, -0.05) is 37.6 Å². The zero-order valence-electron chi connectivity index (χ0n) is 14.2. The second kappa shape index (κ2) is 7.27. The van der Waals surface area contributed by atoms with Crippen LogP contribution in [0.3, 0.4) is 0 Å². The summed E-state index contributed by atoms with van der Waals surface area (Å²) < 4.78 is 10.3. The first kappa shape index (κ1) is 17.0. The van der Waals surface area contributed by atoms with Crippen LogP contribution in [0.15, 0.2) is 24.8 Å². The van der Waals surface area contributed by atoms with Crippen LogP contribution in [0.2, 0.25) is 0 Å². The van der Waals surface area contributed by atoms with Crippen molar-refractivity contribution >= 4 is 22.4 Å². The number of esters is 1. The van der Waals surface area contributed by atoms with E-state index in [1.165, 1.54) is 7.11 Å². The molecule has 0 fully saturated rings. The molecule has 4 heteroatoms. The molecule has 1 aromatic carbocycles. The second-order valence-electron chi connectivity index (χ2n) is 5.58. The lowest BCUT2D eigenvalue weighted by Gasteiger charge is -2.14. The highest BCUT2D eigenvalue weighted by Gasteiger charge is 2.20. The molecular weight excluding hydrogens is 290 g/mol. The van der Waals surface area contributed by atoms with Gasteiger partial charge in [0.2, 0.25) is 5.88 Å². The van der Waals surface area contributed by atoms with Crippen LogP contribution < -0.4 is 4.74 Å². The summed E-state index contributed by atoms with van der Waals surface area (Å²) in [4.78, 5) is 16.8. The predicted octanol–water partition coefficient (Wildman–Crippen LogP) is 4.41. The SMILES string of the molecule is C=C(C)c1ccc2c(CCCC)cc(OC)nc2c1C(=O)OC. The number of allylic oxidation sites excluding steroid dienone is 1. The van der Waals surface area contributed by atoms with Crippen LogP contribution in [0.4, 0.5) is 0 Å². The maximum absolute atomic E-state index is 12.3. The summed E-state index contributed by atoms with van der Waals surface area (Å²) in [6.07, 6.45) is 3.08. The molecule has 0 atom stereocenters. The van der Waals surface area contributed by atoms with Gasteiger partial charge in [-0.2, -0.15) is 0 Å². The molecule has 0 aliphatic carbocycles. The number of carbonyl (C=O) groups excluding carboxylic acids is 1. The predicted molar refractivity (Wildman–Crippen MR) is 93.0 cm³/mol. The lowest BCUT2D eigenvalue weighted by molar-refractivity contribution is 0.0602. The zero-order chi connectivity index (χ0) is 17.0. The van der Waals surface area contributed by atoms with Gasteiger partial charge in [0, 0.05) is 11.5 Å². The van der Waals surface area contributed by atoms with Gasteiger partial charge in [0.25, 0.3) is 0 Å². The number of aryl methyl sites for hydroxylation is 1. The molecule has 0 saturated heterocycles. The van der Waals surface area contributed by atoms with Crippen LogP contribution >= 0.6 is 0 Å². The quantitative estimate of drug-likeness (QED) is 0.741.